The highest BCUT2D eigenvalue weighted by molar-refractivity contribution is 5.75. The van der Waals surface area contributed by atoms with Crippen molar-refractivity contribution >= 4 is 5.97 Å². The number of aromatic nitrogens is 1. The Bertz CT molecular complexity index is 598. The van der Waals surface area contributed by atoms with E-state index < -0.39 is 17.5 Å². The molecule has 1 aliphatic rings. The zero-order valence-corrected chi connectivity index (χ0v) is 13.2. The van der Waals surface area contributed by atoms with E-state index in [-0.39, 0.29) is 12.1 Å². The monoisotopic (exact) mass is 308 g/mol. The van der Waals surface area contributed by atoms with Crippen LogP contribution in [0, 0.1) is 5.41 Å². The van der Waals surface area contributed by atoms with Crippen LogP contribution in [0.25, 0.3) is 0 Å². The Hall–Kier alpha value is -1.66. The van der Waals surface area contributed by atoms with Crippen LogP contribution in [0.4, 0.5) is 0 Å². The number of likely N-dealkylation sites (tertiary alicyclic amines) is 1. The van der Waals surface area contributed by atoms with Crippen LogP contribution in [-0.2, 0) is 18.4 Å². The molecule has 2 heterocycles. The number of rotatable bonds is 5. The predicted molar refractivity (Wildman–Crippen MR) is 82.6 cm³/mol. The van der Waals surface area contributed by atoms with Crippen molar-refractivity contribution in [3.8, 4) is 0 Å². The highest BCUT2D eigenvalue weighted by atomic mass is 16.4. The molecule has 0 aliphatic carbocycles. The van der Waals surface area contributed by atoms with Gasteiger partial charge in [-0.3, -0.25) is 14.5 Å². The van der Waals surface area contributed by atoms with Crippen molar-refractivity contribution in [1.29, 1.82) is 0 Å². The molecule has 2 rings (SSSR count). The standard InChI is InChI=1S/C16H24N2O4/c1-3-6-16(15(21)22)7-9-18(11-13(16)19)10-12-5-4-8-17(2)14(12)20/h4-5,8,13,19H,3,6-7,9-11H2,1-2H3,(H,21,22)/t13-,16-/m0/s1. The number of carboxylic acids is 1. The van der Waals surface area contributed by atoms with Crippen molar-refractivity contribution in [2.24, 2.45) is 12.5 Å². The molecular formula is C16H24N2O4. The number of piperidine rings is 1. The molecule has 0 amide bonds. The molecule has 0 spiro atoms. The fraction of sp³-hybridized carbons (Fsp3) is 0.625. The average molecular weight is 308 g/mol. The molecule has 0 radical (unpaired) electrons. The Morgan fingerprint density at radius 2 is 2.23 bits per heavy atom. The molecule has 1 aromatic rings. The summed E-state index contributed by atoms with van der Waals surface area (Å²) in [4.78, 5) is 25.6. The van der Waals surface area contributed by atoms with Gasteiger partial charge in [0.25, 0.3) is 5.56 Å². The van der Waals surface area contributed by atoms with E-state index in [2.05, 4.69) is 0 Å². The van der Waals surface area contributed by atoms with Gasteiger partial charge in [-0.15, -0.1) is 0 Å². The van der Waals surface area contributed by atoms with Gasteiger partial charge in [0, 0.05) is 31.9 Å². The zero-order chi connectivity index (χ0) is 16.3. The van der Waals surface area contributed by atoms with Gasteiger partial charge in [-0.2, -0.15) is 0 Å². The maximum atomic E-state index is 12.0. The van der Waals surface area contributed by atoms with E-state index in [1.165, 1.54) is 4.57 Å². The third-order valence-electron chi connectivity index (χ3n) is 4.66. The average Bonchev–Trinajstić information content (AvgIpc) is 2.47. The quantitative estimate of drug-likeness (QED) is 0.841. The van der Waals surface area contributed by atoms with Gasteiger partial charge in [0.15, 0.2) is 0 Å². The van der Waals surface area contributed by atoms with E-state index >= 15 is 0 Å². The number of nitrogens with zero attached hydrogens (tertiary/aromatic N) is 2. The second-order valence-corrected chi connectivity index (χ2v) is 6.16. The van der Waals surface area contributed by atoms with E-state index in [0.717, 1.165) is 6.42 Å². The Morgan fingerprint density at radius 1 is 1.50 bits per heavy atom. The van der Waals surface area contributed by atoms with Gasteiger partial charge < -0.3 is 14.8 Å². The summed E-state index contributed by atoms with van der Waals surface area (Å²) < 4.78 is 1.52. The number of aliphatic hydroxyl groups is 1. The summed E-state index contributed by atoms with van der Waals surface area (Å²) >= 11 is 0. The van der Waals surface area contributed by atoms with Gasteiger partial charge in [0.1, 0.15) is 0 Å². The van der Waals surface area contributed by atoms with E-state index in [1.54, 1.807) is 19.3 Å². The lowest BCUT2D eigenvalue weighted by atomic mass is 9.73. The molecule has 2 atom stereocenters. The van der Waals surface area contributed by atoms with Gasteiger partial charge in [-0.05, 0) is 25.5 Å². The minimum Gasteiger partial charge on any atom is -0.481 e. The summed E-state index contributed by atoms with van der Waals surface area (Å²) in [5.74, 6) is -0.919. The first-order chi connectivity index (χ1) is 10.4. The molecule has 1 aromatic heterocycles. The lowest BCUT2D eigenvalue weighted by Crippen LogP contribution is -2.54. The molecule has 1 aliphatic heterocycles. The Kier molecular flexibility index (Phi) is 5.03. The summed E-state index contributed by atoms with van der Waals surface area (Å²) in [7, 11) is 1.70. The van der Waals surface area contributed by atoms with E-state index in [4.69, 9.17) is 0 Å². The molecule has 1 fully saturated rings. The van der Waals surface area contributed by atoms with E-state index in [0.29, 0.717) is 31.5 Å². The van der Waals surface area contributed by atoms with E-state index in [1.807, 2.05) is 17.9 Å². The summed E-state index contributed by atoms with van der Waals surface area (Å²) in [6.45, 7) is 3.22. The number of pyridine rings is 1. The molecule has 6 heteroatoms. The SMILES string of the molecule is CCC[C@]1(C(=O)O)CCN(Cc2cccn(C)c2=O)C[C@@H]1O. The second-order valence-electron chi connectivity index (χ2n) is 6.16. The Morgan fingerprint density at radius 3 is 2.82 bits per heavy atom. The molecule has 6 nitrogen and oxygen atoms in total. The normalized spacial score (nSPS) is 26.0. The Balaban J connectivity index is 2.11. The molecule has 1 saturated heterocycles. The van der Waals surface area contributed by atoms with Crippen molar-refractivity contribution in [1.82, 2.24) is 9.47 Å². The largest absolute Gasteiger partial charge is 0.481 e. The molecule has 22 heavy (non-hydrogen) atoms. The van der Waals surface area contributed by atoms with Crippen LogP contribution in [0.1, 0.15) is 31.7 Å². The molecule has 0 unspecified atom stereocenters. The third-order valence-corrected chi connectivity index (χ3v) is 4.66. The van der Waals surface area contributed by atoms with Crippen molar-refractivity contribution in [3.63, 3.8) is 0 Å². The van der Waals surface area contributed by atoms with Gasteiger partial charge in [0.2, 0.25) is 0 Å². The predicted octanol–water partition coefficient (Wildman–Crippen LogP) is 0.823. The first kappa shape index (κ1) is 16.7. The maximum Gasteiger partial charge on any atom is 0.312 e. The van der Waals surface area contributed by atoms with Gasteiger partial charge in [0.05, 0.1) is 11.5 Å². The first-order valence-electron chi connectivity index (χ1n) is 7.69. The summed E-state index contributed by atoms with van der Waals surface area (Å²) in [5.41, 5.74) is -0.441. The highest BCUT2D eigenvalue weighted by Crippen LogP contribution is 2.37. The van der Waals surface area contributed by atoms with Crippen molar-refractivity contribution < 1.29 is 15.0 Å². The topological polar surface area (TPSA) is 82.8 Å². The number of aryl methyl sites for hydroxylation is 1. The number of hydrogen-bond donors (Lipinski definition) is 2. The van der Waals surface area contributed by atoms with Crippen LogP contribution in [-0.4, -0.2) is 44.8 Å². The van der Waals surface area contributed by atoms with Crippen LogP contribution in [0.15, 0.2) is 23.1 Å². The number of hydrogen-bond acceptors (Lipinski definition) is 4. The fourth-order valence-electron chi connectivity index (χ4n) is 3.29. The summed E-state index contributed by atoms with van der Waals surface area (Å²) in [6, 6.07) is 3.59. The first-order valence-corrected chi connectivity index (χ1v) is 7.69. The van der Waals surface area contributed by atoms with Crippen LogP contribution < -0.4 is 5.56 Å². The smallest absolute Gasteiger partial charge is 0.312 e. The number of β-amino-alcohol motifs (C(OH)–C–C–N with tert-alkyl or cyclic N) is 1. The van der Waals surface area contributed by atoms with Crippen LogP contribution in [0.3, 0.4) is 0 Å². The number of carboxylic acid groups (broad SMARTS) is 1. The second kappa shape index (κ2) is 6.62. The van der Waals surface area contributed by atoms with Crippen molar-refractivity contribution in [3.05, 3.63) is 34.2 Å². The van der Waals surface area contributed by atoms with Gasteiger partial charge >= 0.3 is 5.97 Å². The number of aliphatic carboxylic acids is 1. The molecule has 122 valence electrons. The van der Waals surface area contributed by atoms with Gasteiger partial charge in [-0.1, -0.05) is 19.4 Å². The van der Waals surface area contributed by atoms with Crippen molar-refractivity contribution in [2.75, 3.05) is 13.1 Å². The summed E-state index contributed by atoms with van der Waals surface area (Å²) in [6.07, 6.45) is 2.40. The lowest BCUT2D eigenvalue weighted by Gasteiger charge is -2.42. The van der Waals surface area contributed by atoms with Crippen LogP contribution in [0.5, 0.6) is 0 Å². The fourth-order valence-corrected chi connectivity index (χ4v) is 3.29. The third kappa shape index (κ3) is 3.08. The molecular weight excluding hydrogens is 284 g/mol. The molecule has 0 saturated carbocycles. The van der Waals surface area contributed by atoms with E-state index in [9.17, 15) is 19.8 Å². The number of aliphatic hydroxyl groups excluding tert-OH is 1. The number of carbonyl (C=O) groups is 1. The minimum absolute atomic E-state index is 0.0550. The maximum absolute atomic E-state index is 12.0. The molecule has 2 N–H and O–H groups in total. The van der Waals surface area contributed by atoms with Crippen molar-refractivity contribution in [2.45, 2.75) is 38.8 Å². The van der Waals surface area contributed by atoms with Crippen LogP contribution >= 0.6 is 0 Å². The lowest BCUT2D eigenvalue weighted by molar-refractivity contribution is -0.164. The minimum atomic E-state index is -1.05. The zero-order valence-electron chi connectivity index (χ0n) is 13.2. The Labute approximate surface area is 130 Å². The highest BCUT2D eigenvalue weighted by Gasteiger charge is 2.47. The van der Waals surface area contributed by atoms with Gasteiger partial charge in [-0.25, -0.2) is 0 Å². The molecule has 0 bridgehead atoms. The summed E-state index contributed by atoms with van der Waals surface area (Å²) in [5, 5.41) is 19.9. The molecule has 0 aromatic carbocycles. The van der Waals surface area contributed by atoms with Crippen LogP contribution in [0.2, 0.25) is 0 Å².